The number of hydrogen-bond donors (Lipinski definition) is 0. The van der Waals surface area contributed by atoms with Gasteiger partial charge in [-0.25, -0.2) is 4.39 Å². The second-order valence-corrected chi connectivity index (χ2v) is 4.61. The lowest BCUT2D eigenvalue weighted by Gasteiger charge is -2.27. The van der Waals surface area contributed by atoms with E-state index in [2.05, 4.69) is 0 Å². The van der Waals surface area contributed by atoms with Gasteiger partial charge in [0.15, 0.2) is 0 Å². The van der Waals surface area contributed by atoms with Gasteiger partial charge in [-0.05, 0) is 44.5 Å². The van der Waals surface area contributed by atoms with Crippen LogP contribution < -0.4 is 0 Å². The maximum absolute atomic E-state index is 13.1. The SMILES string of the molecule is Cc1cc(C(=O)N(CC(F)(F)F)C(C)C)ccc1F. The van der Waals surface area contributed by atoms with Crippen LogP contribution in [0.25, 0.3) is 0 Å². The molecule has 0 heterocycles. The van der Waals surface area contributed by atoms with Gasteiger partial charge in [0, 0.05) is 11.6 Å². The Kier molecular flexibility index (Phi) is 4.55. The highest BCUT2D eigenvalue weighted by Gasteiger charge is 2.34. The molecule has 0 saturated carbocycles. The van der Waals surface area contributed by atoms with Crippen molar-refractivity contribution in [2.45, 2.75) is 33.0 Å². The standard InChI is InChI=1S/C13H15F4NO/c1-8(2)18(7-13(15,16)17)12(19)10-4-5-11(14)9(3)6-10/h4-6,8H,7H2,1-3H3. The van der Waals surface area contributed by atoms with Crippen molar-refractivity contribution in [2.75, 3.05) is 6.54 Å². The molecule has 0 aliphatic heterocycles. The number of nitrogens with zero attached hydrogens (tertiary/aromatic N) is 1. The molecule has 1 rings (SSSR count). The number of aryl methyl sites for hydroxylation is 1. The van der Waals surface area contributed by atoms with Crippen molar-refractivity contribution in [1.82, 2.24) is 4.90 Å². The van der Waals surface area contributed by atoms with Gasteiger partial charge in [-0.1, -0.05) is 0 Å². The van der Waals surface area contributed by atoms with Gasteiger partial charge in [0.05, 0.1) is 0 Å². The Bertz CT molecular complexity index is 468. The summed E-state index contributed by atoms with van der Waals surface area (Å²) in [5.41, 5.74) is 0.276. The molecule has 0 aliphatic rings. The van der Waals surface area contributed by atoms with E-state index >= 15 is 0 Å². The van der Waals surface area contributed by atoms with E-state index in [-0.39, 0.29) is 11.1 Å². The first-order chi connectivity index (χ1) is 8.61. The molecule has 1 aromatic carbocycles. The third-order valence-corrected chi connectivity index (χ3v) is 2.64. The lowest BCUT2D eigenvalue weighted by atomic mass is 10.1. The van der Waals surface area contributed by atoms with E-state index in [0.717, 1.165) is 6.07 Å². The monoisotopic (exact) mass is 277 g/mol. The molecule has 1 aromatic rings. The molecular formula is C13H15F4NO. The molecule has 2 nitrogen and oxygen atoms in total. The van der Waals surface area contributed by atoms with E-state index in [1.807, 2.05) is 0 Å². The molecule has 19 heavy (non-hydrogen) atoms. The van der Waals surface area contributed by atoms with Crippen molar-refractivity contribution in [2.24, 2.45) is 0 Å². The molecule has 0 bridgehead atoms. The van der Waals surface area contributed by atoms with Crippen molar-refractivity contribution < 1.29 is 22.4 Å². The maximum atomic E-state index is 13.1. The van der Waals surface area contributed by atoms with Crippen LogP contribution in [0.15, 0.2) is 18.2 Å². The van der Waals surface area contributed by atoms with Crippen LogP contribution in [0, 0.1) is 12.7 Å². The van der Waals surface area contributed by atoms with Crippen molar-refractivity contribution in [3.8, 4) is 0 Å². The number of rotatable bonds is 3. The first-order valence-electron chi connectivity index (χ1n) is 5.75. The summed E-state index contributed by atoms with van der Waals surface area (Å²) in [5, 5.41) is 0. The third-order valence-electron chi connectivity index (χ3n) is 2.64. The zero-order valence-electron chi connectivity index (χ0n) is 10.9. The largest absolute Gasteiger partial charge is 0.406 e. The quantitative estimate of drug-likeness (QED) is 0.774. The number of alkyl halides is 3. The minimum Gasteiger partial charge on any atom is -0.327 e. The summed E-state index contributed by atoms with van der Waals surface area (Å²) in [4.78, 5) is 12.7. The van der Waals surface area contributed by atoms with E-state index in [4.69, 9.17) is 0 Å². The minimum absolute atomic E-state index is 0.0526. The topological polar surface area (TPSA) is 20.3 Å². The molecule has 0 N–H and O–H groups in total. The Hall–Kier alpha value is -1.59. The number of carbonyl (C=O) groups is 1. The summed E-state index contributed by atoms with van der Waals surface area (Å²) in [7, 11) is 0. The number of amides is 1. The van der Waals surface area contributed by atoms with Gasteiger partial charge >= 0.3 is 6.18 Å². The second-order valence-electron chi connectivity index (χ2n) is 4.61. The molecule has 0 fully saturated rings. The predicted octanol–water partition coefficient (Wildman–Crippen LogP) is 3.55. The lowest BCUT2D eigenvalue weighted by Crippen LogP contribution is -2.43. The summed E-state index contributed by atoms with van der Waals surface area (Å²) < 4.78 is 50.4. The van der Waals surface area contributed by atoms with Gasteiger partial charge in [0.1, 0.15) is 12.4 Å². The zero-order chi connectivity index (χ0) is 14.8. The first kappa shape index (κ1) is 15.5. The number of halogens is 4. The van der Waals surface area contributed by atoms with Crippen LogP contribution in [0.4, 0.5) is 17.6 Å². The van der Waals surface area contributed by atoms with Gasteiger partial charge in [0.25, 0.3) is 5.91 Å². The summed E-state index contributed by atoms with van der Waals surface area (Å²) in [6.45, 7) is 3.13. The Morgan fingerprint density at radius 1 is 1.32 bits per heavy atom. The average molecular weight is 277 g/mol. The Labute approximate surface area is 109 Å². The van der Waals surface area contributed by atoms with Crippen LogP contribution in [0.5, 0.6) is 0 Å². The molecule has 0 radical (unpaired) electrons. The van der Waals surface area contributed by atoms with Crippen LogP contribution in [0.2, 0.25) is 0 Å². The zero-order valence-corrected chi connectivity index (χ0v) is 10.9. The maximum Gasteiger partial charge on any atom is 0.406 e. The van der Waals surface area contributed by atoms with E-state index in [1.54, 1.807) is 0 Å². The Balaban J connectivity index is 3.02. The lowest BCUT2D eigenvalue weighted by molar-refractivity contribution is -0.143. The molecule has 6 heteroatoms. The van der Waals surface area contributed by atoms with Gasteiger partial charge in [-0.3, -0.25) is 4.79 Å². The summed E-state index contributed by atoms with van der Waals surface area (Å²) in [6.07, 6.45) is -4.46. The predicted molar refractivity (Wildman–Crippen MR) is 63.4 cm³/mol. The smallest absolute Gasteiger partial charge is 0.327 e. The van der Waals surface area contributed by atoms with Crippen LogP contribution in [-0.4, -0.2) is 29.6 Å². The molecule has 0 spiro atoms. The summed E-state index contributed by atoms with van der Waals surface area (Å²) in [5.74, 6) is -1.25. The highest BCUT2D eigenvalue weighted by atomic mass is 19.4. The first-order valence-corrected chi connectivity index (χ1v) is 5.75. The Morgan fingerprint density at radius 2 is 1.89 bits per heavy atom. The van der Waals surface area contributed by atoms with E-state index < -0.39 is 30.5 Å². The van der Waals surface area contributed by atoms with Gasteiger partial charge in [0.2, 0.25) is 0 Å². The second kappa shape index (κ2) is 5.59. The van der Waals surface area contributed by atoms with Gasteiger partial charge in [-0.15, -0.1) is 0 Å². The van der Waals surface area contributed by atoms with Crippen molar-refractivity contribution >= 4 is 5.91 Å². The number of benzene rings is 1. The molecule has 0 aliphatic carbocycles. The van der Waals surface area contributed by atoms with Crippen molar-refractivity contribution in [3.05, 3.63) is 35.1 Å². The highest BCUT2D eigenvalue weighted by molar-refractivity contribution is 5.94. The Morgan fingerprint density at radius 3 is 2.32 bits per heavy atom. The van der Waals surface area contributed by atoms with Crippen LogP contribution in [0.1, 0.15) is 29.8 Å². The number of carbonyl (C=O) groups excluding carboxylic acids is 1. The van der Waals surface area contributed by atoms with Crippen LogP contribution in [-0.2, 0) is 0 Å². The molecule has 0 atom stereocenters. The molecule has 0 saturated heterocycles. The average Bonchev–Trinajstić information content (AvgIpc) is 2.27. The fraction of sp³-hybridized carbons (Fsp3) is 0.462. The van der Waals surface area contributed by atoms with Gasteiger partial charge < -0.3 is 4.90 Å². The molecule has 0 unspecified atom stereocenters. The molecule has 106 valence electrons. The summed E-state index contributed by atoms with van der Waals surface area (Å²) >= 11 is 0. The minimum atomic E-state index is -4.46. The van der Waals surface area contributed by atoms with Crippen molar-refractivity contribution in [1.29, 1.82) is 0 Å². The third kappa shape index (κ3) is 4.22. The van der Waals surface area contributed by atoms with E-state index in [1.165, 1.54) is 32.9 Å². The van der Waals surface area contributed by atoms with E-state index in [0.29, 0.717) is 4.90 Å². The van der Waals surface area contributed by atoms with Crippen LogP contribution in [0.3, 0.4) is 0 Å². The fourth-order valence-corrected chi connectivity index (χ4v) is 1.63. The summed E-state index contributed by atoms with van der Waals surface area (Å²) in [6, 6.07) is 2.92. The van der Waals surface area contributed by atoms with Gasteiger partial charge in [-0.2, -0.15) is 13.2 Å². The number of hydrogen-bond acceptors (Lipinski definition) is 1. The molecule has 0 aromatic heterocycles. The van der Waals surface area contributed by atoms with Crippen LogP contribution >= 0.6 is 0 Å². The molecule has 1 amide bonds. The fourth-order valence-electron chi connectivity index (χ4n) is 1.63. The molecular weight excluding hydrogens is 262 g/mol. The van der Waals surface area contributed by atoms with Crippen molar-refractivity contribution in [3.63, 3.8) is 0 Å². The normalized spacial score (nSPS) is 11.8. The van der Waals surface area contributed by atoms with E-state index in [9.17, 15) is 22.4 Å². The highest BCUT2D eigenvalue weighted by Crippen LogP contribution is 2.20.